The second-order valence-electron chi connectivity index (χ2n) is 5.41. The second-order valence-corrected chi connectivity index (χ2v) is 6.27. The summed E-state index contributed by atoms with van der Waals surface area (Å²) >= 11 is 3.43. The van der Waals surface area contributed by atoms with Crippen molar-refractivity contribution in [1.29, 1.82) is 5.26 Å². The number of nitriles is 1. The molecule has 0 unspecified atom stereocenters. The summed E-state index contributed by atoms with van der Waals surface area (Å²) < 4.78 is 6.24. The molecule has 120 valence electrons. The van der Waals surface area contributed by atoms with E-state index in [0.717, 1.165) is 35.7 Å². The molecule has 2 rings (SSSR count). The third kappa shape index (κ3) is 4.97. The van der Waals surface area contributed by atoms with Crippen LogP contribution in [0.3, 0.4) is 0 Å². The summed E-state index contributed by atoms with van der Waals surface area (Å²) in [6.07, 6.45) is 7.51. The highest BCUT2D eigenvalue weighted by atomic mass is 79.9. The molecule has 1 aromatic carbocycles. The highest BCUT2D eigenvalue weighted by Gasteiger charge is 2.19. The zero-order valence-electron chi connectivity index (χ0n) is 12.8. The Morgan fingerprint density at radius 3 is 2.83 bits per heavy atom. The van der Waals surface area contributed by atoms with Gasteiger partial charge in [-0.25, -0.2) is 0 Å². The summed E-state index contributed by atoms with van der Waals surface area (Å²) in [5.41, 5.74) is 0.879. The summed E-state index contributed by atoms with van der Waals surface area (Å²) in [4.78, 5) is 12.2. The van der Waals surface area contributed by atoms with Crippen LogP contribution in [0.4, 0.5) is 0 Å². The molecule has 5 heteroatoms. The van der Waals surface area contributed by atoms with Crippen LogP contribution in [0, 0.1) is 11.3 Å². The molecule has 23 heavy (non-hydrogen) atoms. The largest absolute Gasteiger partial charge is 0.488 e. The molecule has 1 N–H and O–H groups in total. The maximum Gasteiger partial charge on any atom is 0.262 e. The molecular weight excluding hydrogens is 356 g/mol. The van der Waals surface area contributed by atoms with Gasteiger partial charge in [0.05, 0.1) is 4.47 Å². The monoisotopic (exact) mass is 374 g/mol. The normalized spacial score (nSPS) is 15.0. The number of hydrogen-bond donors (Lipinski definition) is 1. The van der Waals surface area contributed by atoms with Crippen LogP contribution in [-0.2, 0) is 4.79 Å². The molecule has 1 aromatic rings. The van der Waals surface area contributed by atoms with Crippen LogP contribution in [0.15, 0.2) is 40.9 Å². The average molecular weight is 375 g/mol. The van der Waals surface area contributed by atoms with E-state index < -0.39 is 0 Å². The highest BCUT2D eigenvalue weighted by Crippen LogP contribution is 2.27. The number of halogens is 1. The van der Waals surface area contributed by atoms with Gasteiger partial charge >= 0.3 is 0 Å². The lowest BCUT2D eigenvalue weighted by Crippen LogP contribution is -2.33. The Bertz CT molecular complexity index is 655. The summed E-state index contributed by atoms with van der Waals surface area (Å²) in [6.45, 7) is 4.02. The highest BCUT2D eigenvalue weighted by molar-refractivity contribution is 9.10. The van der Waals surface area contributed by atoms with Crippen LogP contribution < -0.4 is 10.1 Å². The molecule has 4 nitrogen and oxygen atoms in total. The van der Waals surface area contributed by atoms with Gasteiger partial charge < -0.3 is 10.1 Å². The first-order valence-electron chi connectivity index (χ1n) is 7.60. The predicted molar refractivity (Wildman–Crippen MR) is 93.8 cm³/mol. The molecule has 0 atom stereocenters. The predicted octanol–water partition coefficient (Wildman–Crippen LogP) is 3.98. The van der Waals surface area contributed by atoms with Crippen molar-refractivity contribution >= 4 is 27.9 Å². The van der Waals surface area contributed by atoms with Gasteiger partial charge in [-0.15, -0.1) is 0 Å². The van der Waals surface area contributed by atoms with Gasteiger partial charge in [-0.1, -0.05) is 31.6 Å². The topological polar surface area (TPSA) is 62.1 Å². The minimum absolute atomic E-state index is 0.114. The van der Waals surface area contributed by atoms with E-state index in [1.807, 2.05) is 18.2 Å². The Hall–Kier alpha value is -2.06. The summed E-state index contributed by atoms with van der Waals surface area (Å²) in [5, 5.41) is 12.2. The van der Waals surface area contributed by atoms with Crippen molar-refractivity contribution in [3.8, 4) is 11.8 Å². The van der Waals surface area contributed by atoms with Crippen molar-refractivity contribution in [3.05, 3.63) is 46.5 Å². The van der Waals surface area contributed by atoms with Crippen molar-refractivity contribution in [2.75, 3.05) is 6.61 Å². The summed E-state index contributed by atoms with van der Waals surface area (Å²) in [5.74, 6) is 0.387. The fourth-order valence-corrected chi connectivity index (χ4v) is 3.03. The van der Waals surface area contributed by atoms with E-state index >= 15 is 0 Å². The molecule has 1 fully saturated rings. The van der Waals surface area contributed by atoms with Crippen molar-refractivity contribution in [3.63, 3.8) is 0 Å². The lowest BCUT2D eigenvalue weighted by atomic mass is 10.1. The number of amides is 1. The molecule has 1 aliphatic carbocycles. The lowest BCUT2D eigenvalue weighted by Gasteiger charge is -2.11. The Balaban J connectivity index is 2.10. The SMILES string of the molecule is C=CCOc1ccc(/C=C(/C#N)C(=O)NC2CCCC2)cc1Br. The smallest absolute Gasteiger partial charge is 0.262 e. The maximum absolute atomic E-state index is 12.2. The molecule has 0 saturated heterocycles. The van der Waals surface area contributed by atoms with Crippen molar-refractivity contribution in [2.24, 2.45) is 0 Å². The lowest BCUT2D eigenvalue weighted by molar-refractivity contribution is -0.117. The van der Waals surface area contributed by atoms with Crippen LogP contribution in [0.5, 0.6) is 5.75 Å². The van der Waals surface area contributed by atoms with E-state index in [4.69, 9.17) is 4.74 Å². The first-order chi connectivity index (χ1) is 11.1. The Labute approximate surface area is 145 Å². The molecule has 1 amide bonds. The Kier molecular flexibility index (Phi) is 6.42. The van der Waals surface area contributed by atoms with Gasteiger partial charge in [0.2, 0.25) is 0 Å². The molecule has 0 bridgehead atoms. The van der Waals surface area contributed by atoms with E-state index in [0.29, 0.717) is 12.4 Å². The minimum Gasteiger partial charge on any atom is -0.488 e. The molecule has 1 saturated carbocycles. The van der Waals surface area contributed by atoms with E-state index in [2.05, 4.69) is 27.8 Å². The minimum atomic E-state index is -0.303. The number of carbonyl (C=O) groups excluding carboxylic acids is 1. The molecule has 0 aromatic heterocycles. The van der Waals surface area contributed by atoms with Gasteiger partial charge in [0.15, 0.2) is 0 Å². The van der Waals surface area contributed by atoms with E-state index in [9.17, 15) is 10.1 Å². The molecule has 0 radical (unpaired) electrons. The maximum atomic E-state index is 12.2. The van der Waals surface area contributed by atoms with Crippen molar-refractivity contribution in [1.82, 2.24) is 5.32 Å². The first kappa shape index (κ1) is 17.3. The fourth-order valence-electron chi connectivity index (χ4n) is 2.52. The number of nitrogens with zero attached hydrogens (tertiary/aromatic N) is 1. The van der Waals surface area contributed by atoms with Crippen LogP contribution in [0.2, 0.25) is 0 Å². The van der Waals surface area contributed by atoms with Gasteiger partial charge in [-0.2, -0.15) is 5.26 Å². The fraction of sp³-hybridized carbons (Fsp3) is 0.333. The average Bonchev–Trinajstić information content (AvgIpc) is 3.04. The number of nitrogens with one attached hydrogen (secondary N) is 1. The summed E-state index contributed by atoms with van der Waals surface area (Å²) in [7, 11) is 0. The molecular formula is C18H19BrN2O2. The standard InChI is InChI=1S/C18H19BrN2O2/c1-2-9-23-17-8-7-13(11-16(17)19)10-14(12-20)18(22)21-15-5-3-4-6-15/h2,7-8,10-11,15H,1,3-6,9H2,(H,21,22)/b14-10-. The summed E-state index contributed by atoms with van der Waals surface area (Å²) in [6, 6.07) is 7.60. The molecule has 0 aliphatic heterocycles. The third-order valence-corrected chi connectivity index (χ3v) is 4.30. The van der Waals surface area contributed by atoms with Crippen LogP contribution in [0.1, 0.15) is 31.2 Å². The molecule has 0 spiro atoms. The van der Waals surface area contributed by atoms with Crippen molar-refractivity contribution < 1.29 is 9.53 Å². The number of ether oxygens (including phenoxy) is 1. The van der Waals surface area contributed by atoms with Gasteiger partial charge in [0.25, 0.3) is 5.91 Å². The number of carbonyl (C=O) groups is 1. The molecule has 0 heterocycles. The number of hydrogen-bond acceptors (Lipinski definition) is 3. The first-order valence-corrected chi connectivity index (χ1v) is 8.39. The Morgan fingerprint density at radius 1 is 1.48 bits per heavy atom. The van der Waals surface area contributed by atoms with Gasteiger partial charge in [0.1, 0.15) is 24.0 Å². The third-order valence-electron chi connectivity index (χ3n) is 3.68. The van der Waals surface area contributed by atoms with Crippen LogP contribution in [0.25, 0.3) is 6.08 Å². The van der Waals surface area contributed by atoms with Gasteiger partial charge in [-0.3, -0.25) is 4.79 Å². The number of benzene rings is 1. The Morgan fingerprint density at radius 2 is 2.22 bits per heavy atom. The quantitative estimate of drug-likeness (QED) is 0.465. The van der Waals surface area contributed by atoms with E-state index in [-0.39, 0.29) is 17.5 Å². The van der Waals surface area contributed by atoms with E-state index in [1.165, 1.54) is 0 Å². The van der Waals surface area contributed by atoms with Gasteiger partial charge in [0, 0.05) is 6.04 Å². The van der Waals surface area contributed by atoms with E-state index in [1.54, 1.807) is 18.2 Å². The van der Waals surface area contributed by atoms with Crippen LogP contribution >= 0.6 is 15.9 Å². The van der Waals surface area contributed by atoms with Crippen LogP contribution in [-0.4, -0.2) is 18.6 Å². The molecule has 1 aliphatic rings. The van der Waals surface area contributed by atoms with Crippen molar-refractivity contribution in [2.45, 2.75) is 31.7 Å². The second kappa shape index (κ2) is 8.54. The van der Waals surface area contributed by atoms with Gasteiger partial charge in [-0.05, 0) is 52.5 Å². The zero-order chi connectivity index (χ0) is 16.7. The number of rotatable bonds is 6. The zero-order valence-corrected chi connectivity index (χ0v) is 14.4.